The molecule has 156 valence electrons. The van der Waals surface area contributed by atoms with Gasteiger partial charge in [-0.1, -0.05) is 29.8 Å². The van der Waals surface area contributed by atoms with Crippen molar-refractivity contribution in [3.05, 3.63) is 64.2 Å². The van der Waals surface area contributed by atoms with Crippen LogP contribution in [-0.4, -0.2) is 27.5 Å². The number of nitrogens with one attached hydrogen (secondary N) is 1. The Balaban J connectivity index is 1.65. The minimum Gasteiger partial charge on any atom is -0.466 e. The average molecular weight is 436 g/mol. The summed E-state index contributed by atoms with van der Waals surface area (Å²) < 4.78 is 32.8. The third-order valence-electron chi connectivity index (χ3n) is 5.21. The molecule has 0 aliphatic heterocycles. The van der Waals surface area contributed by atoms with Crippen molar-refractivity contribution in [3.63, 3.8) is 0 Å². The Morgan fingerprint density at radius 1 is 1.14 bits per heavy atom. The molecule has 3 rings (SSSR count). The zero-order chi connectivity index (χ0) is 20.9. The van der Waals surface area contributed by atoms with Crippen molar-refractivity contribution in [1.29, 1.82) is 0 Å². The molecule has 0 saturated carbocycles. The van der Waals surface area contributed by atoms with Gasteiger partial charge >= 0.3 is 5.97 Å². The quantitative estimate of drug-likeness (QED) is 0.606. The molecule has 0 spiro atoms. The van der Waals surface area contributed by atoms with E-state index in [2.05, 4.69) is 22.9 Å². The summed E-state index contributed by atoms with van der Waals surface area (Å²) in [4.78, 5) is 12.5. The number of benzene rings is 2. The Morgan fingerprint density at radius 3 is 2.59 bits per heavy atom. The summed E-state index contributed by atoms with van der Waals surface area (Å²) in [6, 6.07) is 12.4. The number of halogens is 1. The third-order valence-corrected chi connectivity index (χ3v) is 6.90. The molecule has 1 aliphatic carbocycles. The van der Waals surface area contributed by atoms with Crippen molar-refractivity contribution in [2.75, 3.05) is 13.2 Å². The van der Waals surface area contributed by atoms with Gasteiger partial charge in [0.2, 0.25) is 10.0 Å². The van der Waals surface area contributed by atoms with Crippen molar-refractivity contribution in [2.45, 2.75) is 43.9 Å². The number of hydrogen-bond donors (Lipinski definition) is 1. The fourth-order valence-corrected chi connectivity index (χ4v) is 4.80. The number of hydrogen-bond acceptors (Lipinski definition) is 4. The molecule has 0 aromatic heterocycles. The lowest BCUT2D eigenvalue weighted by Crippen LogP contribution is -2.34. The molecule has 0 heterocycles. The summed E-state index contributed by atoms with van der Waals surface area (Å²) in [5.74, 6) is -0.933. The maximum absolute atomic E-state index is 12.5. The topological polar surface area (TPSA) is 72.5 Å². The van der Waals surface area contributed by atoms with Gasteiger partial charge in [0, 0.05) is 11.6 Å². The van der Waals surface area contributed by atoms with E-state index >= 15 is 0 Å². The summed E-state index contributed by atoms with van der Waals surface area (Å²) in [7, 11) is -3.73. The Hall–Kier alpha value is -1.89. The van der Waals surface area contributed by atoms with Gasteiger partial charge in [-0.3, -0.25) is 4.79 Å². The Bertz CT molecular complexity index is 957. The molecule has 7 heteroatoms. The summed E-state index contributed by atoms with van der Waals surface area (Å²) in [5, 5.41) is 0.461. The highest BCUT2D eigenvalue weighted by molar-refractivity contribution is 7.89. The van der Waals surface area contributed by atoms with Gasteiger partial charge in [0.05, 0.1) is 17.4 Å². The summed E-state index contributed by atoms with van der Waals surface area (Å²) in [6.45, 7) is 2.00. The Morgan fingerprint density at radius 2 is 1.86 bits per heavy atom. The smallest absolute Gasteiger partial charge is 0.310 e. The van der Waals surface area contributed by atoms with Crippen molar-refractivity contribution >= 4 is 27.6 Å². The summed E-state index contributed by atoms with van der Waals surface area (Å²) >= 11 is 5.82. The molecule has 1 N–H and O–H groups in total. The second-order valence-electron chi connectivity index (χ2n) is 7.25. The van der Waals surface area contributed by atoms with E-state index in [4.69, 9.17) is 16.3 Å². The van der Waals surface area contributed by atoms with E-state index in [0.717, 1.165) is 12.8 Å². The minimum absolute atomic E-state index is 0.00522. The largest absolute Gasteiger partial charge is 0.466 e. The predicted molar refractivity (Wildman–Crippen MR) is 114 cm³/mol. The second kappa shape index (κ2) is 9.74. The van der Waals surface area contributed by atoms with Crippen LogP contribution in [0.5, 0.6) is 0 Å². The lowest BCUT2D eigenvalue weighted by molar-refractivity contribution is -0.147. The number of carbonyl (C=O) groups excluding carboxylic acids is 1. The van der Waals surface area contributed by atoms with Crippen LogP contribution in [-0.2, 0) is 38.8 Å². The molecular formula is C22H26ClNO4S. The van der Waals surface area contributed by atoms with Gasteiger partial charge in [-0.05, 0) is 80.0 Å². The maximum Gasteiger partial charge on any atom is 0.310 e. The van der Waals surface area contributed by atoms with Gasteiger partial charge < -0.3 is 4.74 Å². The van der Waals surface area contributed by atoms with Crippen molar-refractivity contribution < 1.29 is 17.9 Å². The van der Waals surface area contributed by atoms with Crippen LogP contribution in [0, 0.1) is 5.92 Å². The normalized spacial score (nSPS) is 14.4. The van der Waals surface area contributed by atoms with Gasteiger partial charge in [0.1, 0.15) is 0 Å². The van der Waals surface area contributed by atoms with E-state index in [0.29, 0.717) is 17.9 Å². The first kappa shape index (κ1) is 21.8. The van der Waals surface area contributed by atoms with Crippen molar-refractivity contribution in [1.82, 2.24) is 4.72 Å². The number of esters is 1. The minimum atomic E-state index is -3.73. The SMILES string of the molecule is CCOC(=O)C(CCc1ccc2c(c1)CCC2)CNS(=O)(=O)c1ccc(Cl)cc1. The molecular weight excluding hydrogens is 410 g/mol. The molecule has 2 aromatic carbocycles. The van der Waals surface area contributed by atoms with E-state index in [1.807, 2.05) is 0 Å². The second-order valence-corrected chi connectivity index (χ2v) is 9.45. The average Bonchev–Trinajstić information content (AvgIpc) is 3.16. The van der Waals surface area contributed by atoms with Gasteiger partial charge in [0.15, 0.2) is 0 Å². The van der Waals surface area contributed by atoms with Gasteiger partial charge in [-0.15, -0.1) is 0 Å². The number of aryl methyl sites for hydroxylation is 3. The molecule has 0 radical (unpaired) electrons. The van der Waals surface area contributed by atoms with Crippen LogP contribution in [0.3, 0.4) is 0 Å². The summed E-state index contributed by atoms with van der Waals surface area (Å²) in [6.07, 6.45) is 4.63. The molecule has 5 nitrogen and oxygen atoms in total. The highest BCUT2D eigenvalue weighted by Crippen LogP contribution is 2.24. The molecule has 0 saturated heterocycles. The van der Waals surface area contributed by atoms with Crippen LogP contribution >= 0.6 is 11.6 Å². The van der Waals surface area contributed by atoms with Crippen LogP contribution < -0.4 is 4.72 Å². The first-order valence-corrected chi connectivity index (χ1v) is 11.8. The van der Waals surface area contributed by atoms with E-state index in [1.54, 1.807) is 6.92 Å². The lowest BCUT2D eigenvalue weighted by atomic mass is 9.97. The van der Waals surface area contributed by atoms with Crippen LogP contribution in [0.4, 0.5) is 0 Å². The standard InChI is InChI=1S/C22H26ClNO4S/c1-2-28-22(25)19(9-7-16-6-8-17-4-3-5-18(17)14-16)15-24-29(26,27)21-12-10-20(23)11-13-21/h6,8,10-14,19,24H,2-5,7,9,15H2,1H3. The number of sulfonamides is 1. The fourth-order valence-electron chi connectivity index (χ4n) is 3.59. The monoisotopic (exact) mass is 435 g/mol. The van der Waals surface area contributed by atoms with E-state index < -0.39 is 15.9 Å². The van der Waals surface area contributed by atoms with Crippen LogP contribution in [0.1, 0.15) is 36.5 Å². The predicted octanol–water partition coefficient (Wildman–Crippen LogP) is 3.92. The lowest BCUT2D eigenvalue weighted by Gasteiger charge is -2.17. The number of ether oxygens (including phenoxy) is 1. The number of carbonyl (C=O) groups is 1. The van der Waals surface area contributed by atoms with Gasteiger partial charge in [-0.25, -0.2) is 13.1 Å². The zero-order valence-electron chi connectivity index (χ0n) is 16.5. The van der Waals surface area contributed by atoms with Crippen LogP contribution in [0.25, 0.3) is 0 Å². The molecule has 1 aliphatic rings. The summed E-state index contributed by atoms with van der Waals surface area (Å²) in [5.41, 5.74) is 3.96. The molecule has 0 fully saturated rings. The number of rotatable bonds is 9. The maximum atomic E-state index is 12.5. The molecule has 0 amide bonds. The highest BCUT2D eigenvalue weighted by atomic mass is 35.5. The third kappa shape index (κ3) is 5.81. The van der Waals surface area contributed by atoms with Gasteiger partial charge in [0.25, 0.3) is 0 Å². The molecule has 1 atom stereocenters. The molecule has 1 unspecified atom stereocenters. The Kier molecular flexibility index (Phi) is 7.33. The molecule has 29 heavy (non-hydrogen) atoms. The van der Waals surface area contributed by atoms with E-state index in [1.165, 1.54) is 47.4 Å². The van der Waals surface area contributed by atoms with Crippen LogP contribution in [0.2, 0.25) is 5.02 Å². The van der Waals surface area contributed by atoms with Gasteiger partial charge in [-0.2, -0.15) is 0 Å². The Labute approximate surface area is 177 Å². The first-order valence-electron chi connectivity index (χ1n) is 9.91. The molecule has 0 bridgehead atoms. The number of fused-ring (bicyclic) bond motifs is 1. The van der Waals surface area contributed by atoms with E-state index in [-0.39, 0.29) is 24.0 Å². The fraction of sp³-hybridized carbons (Fsp3) is 0.409. The van der Waals surface area contributed by atoms with Crippen LogP contribution in [0.15, 0.2) is 47.4 Å². The first-order chi connectivity index (χ1) is 13.9. The van der Waals surface area contributed by atoms with Crippen molar-refractivity contribution in [2.24, 2.45) is 5.92 Å². The van der Waals surface area contributed by atoms with E-state index in [9.17, 15) is 13.2 Å². The molecule has 2 aromatic rings. The van der Waals surface area contributed by atoms with Crippen molar-refractivity contribution in [3.8, 4) is 0 Å². The zero-order valence-corrected chi connectivity index (χ0v) is 18.1. The highest BCUT2D eigenvalue weighted by Gasteiger charge is 2.23.